The molecule has 0 saturated heterocycles. The van der Waals surface area contributed by atoms with Crippen LogP contribution in [0.4, 0.5) is 4.39 Å². The van der Waals surface area contributed by atoms with Gasteiger partial charge in [-0.3, -0.25) is 0 Å². The van der Waals surface area contributed by atoms with Gasteiger partial charge in [0.05, 0.1) is 12.3 Å². The standard InChI is InChI=1S/C12H11BrFNO/c1-15-12(11-3-2-6-16-11)9-5-4-8(14)7-10(9)13/h2-7,12,15H,1H3. The lowest BCUT2D eigenvalue weighted by Crippen LogP contribution is -2.17. The van der Waals surface area contributed by atoms with Crippen molar-refractivity contribution >= 4 is 15.9 Å². The first kappa shape index (κ1) is 11.4. The molecule has 1 heterocycles. The van der Waals surface area contributed by atoms with Crippen molar-refractivity contribution in [1.82, 2.24) is 5.32 Å². The summed E-state index contributed by atoms with van der Waals surface area (Å²) in [6, 6.07) is 8.26. The SMILES string of the molecule is CNC(c1ccco1)c1ccc(F)cc1Br. The van der Waals surface area contributed by atoms with Gasteiger partial charge in [-0.25, -0.2) is 4.39 Å². The van der Waals surface area contributed by atoms with Gasteiger partial charge in [-0.05, 0) is 36.9 Å². The van der Waals surface area contributed by atoms with Gasteiger partial charge in [0.2, 0.25) is 0 Å². The van der Waals surface area contributed by atoms with E-state index in [0.29, 0.717) is 0 Å². The molecule has 2 rings (SSSR count). The summed E-state index contributed by atoms with van der Waals surface area (Å²) in [4.78, 5) is 0. The second-order valence-corrected chi connectivity index (χ2v) is 4.26. The van der Waals surface area contributed by atoms with Crippen LogP contribution >= 0.6 is 15.9 Å². The molecule has 0 aliphatic carbocycles. The van der Waals surface area contributed by atoms with Gasteiger partial charge in [0.1, 0.15) is 11.6 Å². The molecule has 0 amide bonds. The van der Waals surface area contributed by atoms with E-state index >= 15 is 0 Å². The molecule has 0 aliphatic heterocycles. The average molecular weight is 284 g/mol. The van der Waals surface area contributed by atoms with Crippen LogP contribution in [-0.2, 0) is 0 Å². The Kier molecular flexibility index (Phi) is 3.41. The Labute approximate surface area is 102 Å². The van der Waals surface area contributed by atoms with Crippen molar-refractivity contribution in [2.45, 2.75) is 6.04 Å². The molecule has 0 radical (unpaired) electrons. The zero-order chi connectivity index (χ0) is 11.5. The zero-order valence-corrected chi connectivity index (χ0v) is 10.3. The molecule has 4 heteroatoms. The maximum absolute atomic E-state index is 13.0. The number of nitrogens with one attached hydrogen (secondary N) is 1. The van der Waals surface area contributed by atoms with Crippen molar-refractivity contribution in [1.29, 1.82) is 0 Å². The normalized spacial score (nSPS) is 12.7. The maximum Gasteiger partial charge on any atom is 0.125 e. The number of hydrogen-bond donors (Lipinski definition) is 1. The second-order valence-electron chi connectivity index (χ2n) is 3.40. The van der Waals surface area contributed by atoms with Crippen molar-refractivity contribution < 1.29 is 8.81 Å². The lowest BCUT2D eigenvalue weighted by atomic mass is 10.0. The van der Waals surface area contributed by atoms with Crippen LogP contribution in [0.3, 0.4) is 0 Å². The fraction of sp³-hybridized carbons (Fsp3) is 0.167. The van der Waals surface area contributed by atoms with Crippen LogP contribution in [0.1, 0.15) is 17.4 Å². The summed E-state index contributed by atoms with van der Waals surface area (Å²) in [7, 11) is 1.84. The lowest BCUT2D eigenvalue weighted by molar-refractivity contribution is 0.462. The minimum atomic E-state index is -0.259. The Morgan fingerprint density at radius 1 is 1.38 bits per heavy atom. The molecular weight excluding hydrogens is 273 g/mol. The van der Waals surface area contributed by atoms with E-state index < -0.39 is 0 Å². The third-order valence-corrected chi connectivity index (χ3v) is 3.08. The lowest BCUT2D eigenvalue weighted by Gasteiger charge is -2.15. The Balaban J connectivity index is 2.41. The van der Waals surface area contributed by atoms with E-state index in [2.05, 4.69) is 21.2 Å². The topological polar surface area (TPSA) is 25.2 Å². The van der Waals surface area contributed by atoms with Crippen molar-refractivity contribution in [2.24, 2.45) is 0 Å². The van der Waals surface area contributed by atoms with E-state index in [1.165, 1.54) is 12.1 Å². The van der Waals surface area contributed by atoms with Crippen molar-refractivity contribution in [3.63, 3.8) is 0 Å². The summed E-state index contributed by atoms with van der Waals surface area (Å²) in [6.45, 7) is 0. The van der Waals surface area contributed by atoms with E-state index in [-0.39, 0.29) is 11.9 Å². The monoisotopic (exact) mass is 283 g/mol. The van der Waals surface area contributed by atoms with Crippen LogP contribution in [0.25, 0.3) is 0 Å². The molecule has 0 fully saturated rings. The Morgan fingerprint density at radius 2 is 2.19 bits per heavy atom. The number of hydrogen-bond acceptors (Lipinski definition) is 2. The van der Waals surface area contributed by atoms with Gasteiger partial charge in [0, 0.05) is 4.47 Å². The Morgan fingerprint density at radius 3 is 2.75 bits per heavy atom. The molecule has 1 unspecified atom stereocenters. The Bertz CT molecular complexity index is 470. The Hall–Kier alpha value is -1.13. The first-order chi connectivity index (χ1) is 7.72. The molecule has 84 valence electrons. The van der Waals surface area contributed by atoms with Gasteiger partial charge in [-0.2, -0.15) is 0 Å². The van der Waals surface area contributed by atoms with E-state index in [1.54, 1.807) is 12.3 Å². The van der Waals surface area contributed by atoms with Crippen LogP contribution in [0.5, 0.6) is 0 Å². The quantitative estimate of drug-likeness (QED) is 0.933. The van der Waals surface area contributed by atoms with Gasteiger partial charge in [-0.1, -0.05) is 22.0 Å². The van der Waals surface area contributed by atoms with E-state index in [4.69, 9.17) is 4.42 Å². The minimum Gasteiger partial charge on any atom is -0.467 e. The molecule has 16 heavy (non-hydrogen) atoms. The smallest absolute Gasteiger partial charge is 0.125 e. The molecule has 0 bridgehead atoms. The summed E-state index contributed by atoms with van der Waals surface area (Å²) in [5.41, 5.74) is 0.943. The predicted octanol–water partition coefficient (Wildman–Crippen LogP) is 3.49. The molecule has 2 aromatic rings. The average Bonchev–Trinajstić information content (AvgIpc) is 2.75. The summed E-state index contributed by atoms with van der Waals surface area (Å²) in [5.74, 6) is 0.541. The fourth-order valence-corrected chi connectivity index (χ4v) is 2.22. The second kappa shape index (κ2) is 4.80. The van der Waals surface area contributed by atoms with Gasteiger partial charge >= 0.3 is 0 Å². The van der Waals surface area contributed by atoms with E-state index in [0.717, 1.165) is 15.8 Å². The van der Waals surface area contributed by atoms with Gasteiger partial charge in [0.25, 0.3) is 0 Å². The first-order valence-corrected chi connectivity index (χ1v) is 5.67. The molecule has 1 atom stereocenters. The minimum absolute atomic E-state index is 0.0787. The van der Waals surface area contributed by atoms with Crippen molar-refractivity contribution in [2.75, 3.05) is 7.05 Å². The molecular formula is C12H11BrFNO. The highest BCUT2D eigenvalue weighted by Gasteiger charge is 2.17. The van der Waals surface area contributed by atoms with Gasteiger partial charge in [-0.15, -0.1) is 0 Å². The number of halogens is 2. The number of furan rings is 1. The highest BCUT2D eigenvalue weighted by molar-refractivity contribution is 9.10. The van der Waals surface area contributed by atoms with Crippen molar-refractivity contribution in [3.05, 3.63) is 58.2 Å². The molecule has 1 N–H and O–H groups in total. The molecule has 0 spiro atoms. The van der Waals surface area contributed by atoms with E-state index in [9.17, 15) is 4.39 Å². The van der Waals surface area contributed by atoms with Crippen LogP contribution in [0.15, 0.2) is 45.5 Å². The van der Waals surface area contributed by atoms with E-state index in [1.807, 2.05) is 19.2 Å². The largest absolute Gasteiger partial charge is 0.467 e. The third kappa shape index (κ3) is 2.18. The first-order valence-electron chi connectivity index (χ1n) is 4.88. The fourth-order valence-electron chi connectivity index (χ4n) is 1.64. The third-order valence-electron chi connectivity index (χ3n) is 2.39. The summed E-state index contributed by atoms with van der Waals surface area (Å²) < 4.78 is 19.1. The maximum atomic E-state index is 13.0. The highest BCUT2D eigenvalue weighted by atomic mass is 79.9. The van der Waals surface area contributed by atoms with Crippen LogP contribution < -0.4 is 5.32 Å². The van der Waals surface area contributed by atoms with Crippen LogP contribution in [0.2, 0.25) is 0 Å². The van der Waals surface area contributed by atoms with Crippen molar-refractivity contribution in [3.8, 4) is 0 Å². The highest BCUT2D eigenvalue weighted by Crippen LogP contribution is 2.29. The molecule has 2 nitrogen and oxygen atoms in total. The molecule has 1 aromatic carbocycles. The summed E-state index contributed by atoms with van der Waals surface area (Å²) >= 11 is 3.35. The molecule has 0 aliphatic rings. The number of benzene rings is 1. The molecule has 1 aromatic heterocycles. The summed E-state index contributed by atoms with van der Waals surface area (Å²) in [5, 5.41) is 3.13. The van der Waals surface area contributed by atoms with Crippen LogP contribution in [-0.4, -0.2) is 7.05 Å². The molecule has 0 saturated carbocycles. The van der Waals surface area contributed by atoms with Gasteiger partial charge < -0.3 is 9.73 Å². The summed E-state index contributed by atoms with van der Waals surface area (Å²) in [6.07, 6.45) is 1.62. The number of rotatable bonds is 3. The predicted molar refractivity (Wildman–Crippen MR) is 63.7 cm³/mol. The van der Waals surface area contributed by atoms with Crippen LogP contribution in [0, 0.1) is 5.82 Å². The zero-order valence-electron chi connectivity index (χ0n) is 8.71. The van der Waals surface area contributed by atoms with Gasteiger partial charge in [0.15, 0.2) is 0 Å².